The van der Waals surface area contributed by atoms with E-state index in [9.17, 15) is 9.59 Å². The van der Waals surface area contributed by atoms with Gasteiger partial charge in [0, 0.05) is 28.5 Å². The number of hydrogen-bond acceptors (Lipinski definition) is 6. The molecule has 2 heterocycles. The molecule has 174 valence electrons. The van der Waals surface area contributed by atoms with E-state index in [1.54, 1.807) is 48.7 Å². The van der Waals surface area contributed by atoms with Crippen LogP contribution in [0, 0.1) is 0 Å². The second-order valence-electron chi connectivity index (χ2n) is 7.83. The maximum atomic E-state index is 13.5. The van der Waals surface area contributed by atoms with Crippen LogP contribution in [0.5, 0.6) is 5.75 Å². The Morgan fingerprint density at radius 2 is 1.82 bits per heavy atom. The number of aromatic nitrogens is 3. The Balaban J connectivity index is 1.67. The van der Waals surface area contributed by atoms with Crippen molar-refractivity contribution in [1.29, 1.82) is 0 Å². The number of fused-ring (bicyclic) bond motifs is 1. The van der Waals surface area contributed by atoms with Crippen molar-refractivity contribution in [1.82, 2.24) is 14.5 Å². The van der Waals surface area contributed by atoms with E-state index in [1.165, 1.54) is 13.4 Å². The van der Waals surface area contributed by atoms with Gasteiger partial charge >= 0.3 is 6.03 Å². The minimum Gasteiger partial charge on any atom is -0.495 e. The maximum Gasteiger partial charge on any atom is 0.323 e. The largest absolute Gasteiger partial charge is 0.495 e. The van der Waals surface area contributed by atoms with Crippen LogP contribution in [-0.4, -0.2) is 33.5 Å². The Hall–Kier alpha value is -4.11. The highest BCUT2D eigenvalue weighted by Crippen LogP contribution is 2.31. The summed E-state index contributed by atoms with van der Waals surface area (Å²) in [7, 11) is 1.48. The smallest absolute Gasteiger partial charge is 0.323 e. The highest BCUT2D eigenvalue weighted by Gasteiger charge is 2.22. The number of ketones is 1. The fourth-order valence-electron chi connectivity index (χ4n) is 3.59. The van der Waals surface area contributed by atoms with Gasteiger partial charge in [0.25, 0.3) is 0 Å². The molecule has 0 saturated heterocycles. The average molecular weight is 479 g/mol. The number of amides is 2. The topological polar surface area (TPSA) is 124 Å². The summed E-state index contributed by atoms with van der Waals surface area (Å²) in [4.78, 5) is 34.4. The number of anilines is 3. The van der Waals surface area contributed by atoms with Crippen LogP contribution in [0.25, 0.3) is 11.0 Å². The Labute approximate surface area is 200 Å². The zero-order valence-electron chi connectivity index (χ0n) is 18.8. The molecule has 2 aromatic carbocycles. The van der Waals surface area contributed by atoms with Gasteiger partial charge < -0.3 is 25.7 Å². The van der Waals surface area contributed by atoms with Crippen LogP contribution in [0.4, 0.5) is 22.0 Å². The zero-order chi connectivity index (χ0) is 24.4. The average Bonchev–Trinajstić information content (AvgIpc) is 3.21. The van der Waals surface area contributed by atoms with Crippen molar-refractivity contribution in [3.05, 3.63) is 71.1 Å². The molecule has 9 nitrogen and oxygen atoms in total. The van der Waals surface area contributed by atoms with Crippen molar-refractivity contribution < 1.29 is 14.3 Å². The Morgan fingerprint density at radius 3 is 2.50 bits per heavy atom. The SMILES string of the molecule is COc1ccc(C(=O)c2cn(C(C)C)c3ncnc(N)c23)cc1NC(=O)Nc1ccc(Cl)cc1. The van der Waals surface area contributed by atoms with Gasteiger partial charge in [-0.1, -0.05) is 11.6 Å². The van der Waals surface area contributed by atoms with E-state index in [2.05, 4.69) is 20.6 Å². The normalized spacial score (nSPS) is 11.0. The molecule has 34 heavy (non-hydrogen) atoms. The van der Waals surface area contributed by atoms with Crippen LogP contribution in [0.15, 0.2) is 55.0 Å². The first-order valence-electron chi connectivity index (χ1n) is 10.5. The number of carbonyl (C=O) groups is 2. The number of nitrogens with two attached hydrogens (primary N) is 1. The predicted octanol–water partition coefficient (Wildman–Crippen LogP) is 5.13. The Morgan fingerprint density at radius 1 is 1.09 bits per heavy atom. The molecule has 0 aliphatic heterocycles. The lowest BCUT2D eigenvalue weighted by atomic mass is 10.0. The van der Waals surface area contributed by atoms with Gasteiger partial charge in [-0.05, 0) is 56.3 Å². The molecule has 0 aliphatic carbocycles. The number of nitrogen functional groups attached to an aromatic ring is 1. The molecular weight excluding hydrogens is 456 g/mol. The second-order valence-corrected chi connectivity index (χ2v) is 8.27. The van der Waals surface area contributed by atoms with Crippen LogP contribution < -0.4 is 21.1 Å². The van der Waals surface area contributed by atoms with E-state index in [0.717, 1.165) is 0 Å². The lowest BCUT2D eigenvalue weighted by molar-refractivity contribution is 0.104. The molecule has 4 aromatic rings. The van der Waals surface area contributed by atoms with Crippen molar-refractivity contribution in [3.63, 3.8) is 0 Å². The Bertz CT molecular complexity index is 1380. The summed E-state index contributed by atoms with van der Waals surface area (Å²) in [5.41, 5.74) is 8.29. The monoisotopic (exact) mass is 478 g/mol. The van der Waals surface area contributed by atoms with Crippen LogP contribution in [-0.2, 0) is 0 Å². The summed E-state index contributed by atoms with van der Waals surface area (Å²) in [6.45, 7) is 3.97. The van der Waals surface area contributed by atoms with Gasteiger partial charge in [0.15, 0.2) is 5.78 Å². The number of hydrogen-bond donors (Lipinski definition) is 3. The number of benzene rings is 2. The fraction of sp³-hybridized carbons (Fsp3) is 0.167. The minimum atomic E-state index is -0.501. The first-order chi connectivity index (χ1) is 16.3. The molecule has 0 fully saturated rings. The van der Waals surface area contributed by atoms with Crippen LogP contribution in [0.1, 0.15) is 35.8 Å². The summed E-state index contributed by atoms with van der Waals surface area (Å²) in [6, 6.07) is 11.0. The number of ether oxygens (including phenoxy) is 1. The molecule has 2 amide bonds. The zero-order valence-corrected chi connectivity index (χ0v) is 19.6. The number of carbonyl (C=O) groups excluding carboxylic acids is 2. The molecule has 0 unspecified atom stereocenters. The summed E-state index contributed by atoms with van der Waals surface area (Å²) in [5, 5.41) is 6.49. The molecule has 0 atom stereocenters. The van der Waals surface area contributed by atoms with E-state index in [1.807, 2.05) is 18.4 Å². The predicted molar refractivity (Wildman–Crippen MR) is 133 cm³/mol. The number of methoxy groups -OCH3 is 1. The molecule has 4 N–H and O–H groups in total. The second kappa shape index (κ2) is 9.40. The third-order valence-electron chi connectivity index (χ3n) is 5.25. The number of urea groups is 1. The van der Waals surface area contributed by atoms with E-state index < -0.39 is 6.03 Å². The first-order valence-corrected chi connectivity index (χ1v) is 10.8. The quantitative estimate of drug-likeness (QED) is 0.330. The third kappa shape index (κ3) is 4.51. The van der Waals surface area contributed by atoms with Gasteiger partial charge in [0.2, 0.25) is 0 Å². The molecule has 0 bridgehead atoms. The molecule has 0 saturated carbocycles. The van der Waals surface area contributed by atoms with Crippen molar-refractivity contribution >= 4 is 51.6 Å². The standard InChI is InChI=1S/C24H23ClN6O3/c1-13(2)31-11-17(20-22(26)27-12-28-23(20)31)21(32)14-4-9-19(34-3)18(10-14)30-24(33)29-16-7-5-15(25)6-8-16/h4-13H,1-3H3,(H2,26,27,28)(H2,29,30,33). The molecule has 0 radical (unpaired) electrons. The van der Waals surface area contributed by atoms with Crippen molar-refractivity contribution in [2.45, 2.75) is 19.9 Å². The summed E-state index contributed by atoms with van der Waals surface area (Å²) in [6.07, 6.45) is 3.10. The lowest BCUT2D eigenvalue weighted by Gasteiger charge is -2.13. The van der Waals surface area contributed by atoms with E-state index in [0.29, 0.717) is 44.3 Å². The van der Waals surface area contributed by atoms with Gasteiger partial charge in [-0.15, -0.1) is 0 Å². The van der Waals surface area contributed by atoms with Crippen molar-refractivity contribution in [2.24, 2.45) is 0 Å². The van der Waals surface area contributed by atoms with Crippen molar-refractivity contribution in [2.75, 3.05) is 23.5 Å². The number of rotatable bonds is 6. The van der Waals surface area contributed by atoms with Crippen LogP contribution >= 0.6 is 11.6 Å². The van der Waals surface area contributed by atoms with Gasteiger partial charge in [0.05, 0.1) is 23.7 Å². The summed E-state index contributed by atoms with van der Waals surface area (Å²) < 4.78 is 7.24. The maximum absolute atomic E-state index is 13.5. The van der Waals surface area contributed by atoms with Gasteiger partial charge in [-0.25, -0.2) is 14.8 Å². The third-order valence-corrected chi connectivity index (χ3v) is 5.50. The van der Waals surface area contributed by atoms with Crippen LogP contribution in [0.3, 0.4) is 0 Å². The molecule has 4 rings (SSSR count). The highest BCUT2D eigenvalue weighted by molar-refractivity contribution is 6.30. The molecule has 0 spiro atoms. The summed E-state index contributed by atoms with van der Waals surface area (Å²) in [5.74, 6) is 0.340. The molecular formula is C24H23ClN6O3. The van der Waals surface area contributed by atoms with Gasteiger partial charge in [0.1, 0.15) is 23.5 Å². The van der Waals surface area contributed by atoms with Crippen LogP contribution in [0.2, 0.25) is 5.02 Å². The van der Waals surface area contributed by atoms with E-state index in [-0.39, 0.29) is 17.6 Å². The number of nitrogens with zero attached hydrogens (tertiary/aromatic N) is 3. The Kier molecular flexibility index (Phi) is 6.38. The first kappa shape index (κ1) is 23.1. The lowest BCUT2D eigenvalue weighted by Crippen LogP contribution is -2.20. The molecule has 0 aliphatic rings. The minimum absolute atomic E-state index is 0.0583. The number of halogens is 1. The van der Waals surface area contributed by atoms with E-state index >= 15 is 0 Å². The molecule has 2 aromatic heterocycles. The summed E-state index contributed by atoms with van der Waals surface area (Å²) >= 11 is 5.89. The number of nitrogens with one attached hydrogen (secondary N) is 2. The highest BCUT2D eigenvalue weighted by atomic mass is 35.5. The van der Waals surface area contributed by atoms with Gasteiger partial charge in [-0.3, -0.25) is 4.79 Å². The van der Waals surface area contributed by atoms with Crippen molar-refractivity contribution in [3.8, 4) is 5.75 Å². The molecule has 10 heteroatoms. The van der Waals surface area contributed by atoms with E-state index in [4.69, 9.17) is 22.1 Å². The fourth-order valence-corrected chi connectivity index (χ4v) is 3.72. The van der Waals surface area contributed by atoms with Gasteiger partial charge in [-0.2, -0.15) is 0 Å².